The fraction of sp³-hybridized carbons (Fsp3) is 0.636. The molecule has 1 aromatic heterocycles. The summed E-state index contributed by atoms with van der Waals surface area (Å²) >= 11 is 1.77. The number of fused-ring (bicyclic) bond motifs is 1. The third-order valence-corrected chi connectivity index (χ3v) is 7.08. The summed E-state index contributed by atoms with van der Waals surface area (Å²) < 4.78 is 1.23. The van der Waals surface area contributed by atoms with Crippen LogP contribution in [0, 0.1) is 0 Å². The number of carbonyl (C=O) groups excluding carboxylic acids is 1. The molecule has 2 amide bonds. The summed E-state index contributed by atoms with van der Waals surface area (Å²) in [6.45, 7) is 10.5. The lowest BCUT2D eigenvalue weighted by atomic mass is 9.79. The van der Waals surface area contributed by atoms with Gasteiger partial charge in [-0.2, -0.15) is 0 Å². The van der Waals surface area contributed by atoms with Crippen molar-refractivity contribution in [1.82, 2.24) is 20.5 Å². The molecular formula is C22H32N4OS. The Hall–Kier alpha value is -1.66. The molecule has 1 atom stereocenters. The molecule has 2 N–H and O–H groups in total. The fourth-order valence-electron chi connectivity index (χ4n) is 5.12. The van der Waals surface area contributed by atoms with E-state index in [4.69, 9.17) is 4.98 Å². The van der Waals surface area contributed by atoms with E-state index in [1.54, 1.807) is 11.3 Å². The van der Waals surface area contributed by atoms with Crippen LogP contribution in [0.25, 0.3) is 10.2 Å². The first-order valence-electron chi connectivity index (χ1n) is 10.4. The maximum absolute atomic E-state index is 13.0. The maximum atomic E-state index is 13.0. The van der Waals surface area contributed by atoms with Gasteiger partial charge in [0.1, 0.15) is 0 Å². The maximum Gasteiger partial charge on any atom is 0.317 e. The molecule has 3 heterocycles. The van der Waals surface area contributed by atoms with Gasteiger partial charge in [0.15, 0.2) is 0 Å². The van der Waals surface area contributed by atoms with Gasteiger partial charge in [0.05, 0.1) is 15.2 Å². The second kappa shape index (κ2) is 7.30. The highest BCUT2D eigenvalue weighted by Gasteiger charge is 2.39. The van der Waals surface area contributed by atoms with Crippen molar-refractivity contribution in [2.45, 2.75) is 76.4 Å². The molecule has 0 radical (unpaired) electrons. The van der Waals surface area contributed by atoms with E-state index >= 15 is 0 Å². The summed E-state index contributed by atoms with van der Waals surface area (Å²) in [5, 5.41) is 8.18. The molecule has 2 fully saturated rings. The predicted octanol–water partition coefficient (Wildman–Crippen LogP) is 4.49. The molecule has 0 bridgehead atoms. The topological polar surface area (TPSA) is 57.3 Å². The molecule has 28 heavy (non-hydrogen) atoms. The first-order valence-corrected chi connectivity index (χ1v) is 11.2. The number of piperidine rings is 2. The third kappa shape index (κ3) is 4.33. The van der Waals surface area contributed by atoms with E-state index in [2.05, 4.69) is 56.5 Å². The number of amides is 2. The molecule has 4 rings (SSSR count). The lowest BCUT2D eigenvalue weighted by Gasteiger charge is -2.47. The van der Waals surface area contributed by atoms with E-state index in [0.29, 0.717) is 5.92 Å². The van der Waals surface area contributed by atoms with Gasteiger partial charge >= 0.3 is 6.03 Å². The van der Waals surface area contributed by atoms with Crippen molar-refractivity contribution in [3.8, 4) is 0 Å². The second-order valence-electron chi connectivity index (χ2n) is 9.75. The van der Waals surface area contributed by atoms with E-state index in [1.165, 1.54) is 9.71 Å². The molecule has 2 aliphatic heterocycles. The highest BCUT2D eigenvalue weighted by atomic mass is 32.1. The normalized spacial score (nSPS) is 25.0. The van der Waals surface area contributed by atoms with Crippen molar-refractivity contribution in [3.05, 3.63) is 29.3 Å². The van der Waals surface area contributed by atoms with Gasteiger partial charge in [0.2, 0.25) is 0 Å². The van der Waals surface area contributed by atoms with Crippen LogP contribution in [0.3, 0.4) is 0 Å². The predicted molar refractivity (Wildman–Crippen MR) is 116 cm³/mol. The number of rotatable bonds is 2. The van der Waals surface area contributed by atoms with E-state index in [0.717, 1.165) is 44.3 Å². The minimum absolute atomic E-state index is 0.0329. The summed E-state index contributed by atoms with van der Waals surface area (Å²) in [6.07, 6.45) is 4.06. The zero-order valence-corrected chi connectivity index (χ0v) is 18.2. The number of nitrogens with zero attached hydrogens (tertiary/aromatic N) is 2. The molecule has 0 saturated carbocycles. The van der Waals surface area contributed by atoms with Crippen molar-refractivity contribution in [1.29, 1.82) is 0 Å². The second-order valence-corrected chi connectivity index (χ2v) is 10.8. The van der Waals surface area contributed by atoms with Gasteiger partial charge < -0.3 is 15.5 Å². The molecule has 1 unspecified atom stereocenters. The van der Waals surface area contributed by atoms with Gasteiger partial charge in [-0.25, -0.2) is 9.78 Å². The van der Waals surface area contributed by atoms with Crippen LogP contribution in [0.4, 0.5) is 4.79 Å². The Morgan fingerprint density at radius 3 is 2.64 bits per heavy atom. The minimum atomic E-state index is 0.0329. The third-order valence-electron chi connectivity index (χ3n) is 5.89. The smallest absolute Gasteiger partial charge is 0.317 e. The number of para-hydroxylation sites is 1. The number of nitrogens with one attached hydrogen (secondary N) is 2. The lowest BCUT2D eigenvalue weighted by molar-refractivity contribution is 0.134. The number of carbonyl (C=O) groups is 1. The van der Waals surface area contributed by atoms with Crippen LogP contribution in [0.5, 0.6) is 0 Å². The molecule has 0 spiro atoms. The molecule has 1 aromatic carbocycles. The van der Waals surface area contributed by atoms with Gasteiger partial charge in [-0.1, -0.05) is 12.1 Å². The van der Waals surface area contributed by atoms with Gasteiger partial charge in [0.25, 0.3) is 0 Å². The Kier molecular flexibility index (Phi) is 5.12. The Morgan fingerprint density at radius 1 is 1.21 bits per heavy atom. The monoisotopic (exact) mass is 400 g/mol. The quantitative estimate of drug-likeness (QED) is 0.781. The summed E-state index contributed by atoms with van der Waals surface area (Å²) in [6, 6.07) is 8.60. The fourth-order valence-corrected chi connectivity index (χ4v) is 6.21. The number of benzene rings is 1. The Morgan fingerprint density at radius 2 is 1.93 bits per heavy atom. The van der Waals surface area contributed by atoms with Crippen molar-refractivity contribution < 1.29 is 4.79 Å². The van der Waals surface area contributed by atoms with E-state index < -0.39 is 0 Å². The highest BCUT2D eigenvalue weighted by molar-refractivity contribution is 7.18. The lowest BCUT2D eigenvalue weighted by Crippen LogP contribution is -2.63. The van der Waals surface area contributed by atoms with Crippen LogP contribution >= 0.6 is 11.3 Å². The minimum Gasteiger partial charge on any atom is -0.335 e. The molecule has 2 aliphatic rings. The molecule has 5 nitrogen and oxygen atoms in total. The van der Waals surface area contributed by atoms with Gasteiger partial charge in [-0.3, -0.25) is 0 Å². The van der Waals surface area contributed by atoms with Gasteiger partial charge in [-0.05, 0) is 65.5 Å². The summed E-state index contributed by atoms with van der Waals surface area (Å²) in [4.78, 5) is 19.9. The summed E-state index contributed by atoms with van der Waals surface area (Å²) in [7, 11) is 0. The first kappa shape index (κ1) is 19.6. The zero-order chi connectivity index (χ0) is 19.9. The zero-order valence-electron chi connectivity index (χ0n) is 17.4. The molecule has 2 aromatic rings. The average Bonchev–Trinajstić information content (AvgIpc) is 3.03. The van der Waals surface area contributed by atoms with Crippen LogP contribution in [0.15, 0.2) is 24.3 Å². The Labute approximate surface area is 171 Å². The molecule has 152 valence electrons. The highest BCUT2D eigenvalue weighted by Crippen LogP contribution is 2.33. The number of likely N-dealkylation sites (tertiary alicyclic amines) is 1. The number of hydrogen-bond donors (Lipinski definition) is 2. The number of aromatic nitrogens is 1. The first-order chi connectivity index (χ1) is 13.2. The summed E-state index contributed by atoms with van der Waals surface area (Å²) in [5.74, 6) is 0.345. The van der Waals surface area contributed by atoms with Crippen molar-refractivity contribution in [3.63, 3.8) is 0 Å². The standard InChI is InChI=1S/C22H32N4OS/c1-21(2)12-16(13-22(3,4)25-21)23-20(27)26-11-7-8-15(14-26)19-24-17-9-5-6-10-18(17)28-19/h5-6,9-10,15-16,25H,7-8,11-14H2,1-4H3,(H,23,27). The van der Waals surface area contributed by atoms with E-state index in [9.17, 15) is 4.79 Å². The molecule has 6 heteroatoms. The average molecular weight is 401 g/mol. The number of thiazole rings is 1. The molecular weight excluding hydrogens is 368 g/mol. The molecule has 2 saturated heterocycles. The van der Waals surface area contributed by atoms with E-state index in [1.807, 2.05) is 11.0 Å². The summed E-state index contributed by atoms with van der Waals surface area (Å²) in [5.41, 5.74) is 1.14. The van der Waals surface area contributed by atoms with Crippen molar-refractivity contribution in [2.24, 2.45) is 0 Å². The van der Waals surface area contributed by atoms with Crippen LogP contribution in [0.1, 0.15) is 64.3 Å². The Balaban J connectivity index is 1.42. The number of hydrogen-bond acceptors (Lipinski definition) is 4. The van der Waals surface area contributed by atoms with Gasteiger partial charge in [-0.15, -0.1) is 11.3 Å². The largest absolute Gasteiger partial charge is 0.335 e. The van der Waals surface area contributed by atoms with Crippen LogP contribution < -0.4 is 10.6 Å². The molecule has 0 aliphatic carbocycles. The van der Waals surface area contributed by atoms with Crippen LogP contribution in [0.2, 0.25) is 0 Å². The SMILES string of the molecule is CC1(C)CC(NC(=O)N2CCCC(c3nc4ccccc4s3)C2)CC(C)(C)N1. The van der Waals surface area contributed by atoms with Crippen molar-refractivity contribution >= 4 is 27.6 Å². The van der Waals surface area contributed by atoms with E-state index in [-0.39, 0.29) is 23.2 Å². The van der Waals surface area contributed by atoms with Crippen LogP contribution in [-0.4, -0.2) is 46.1 Å². The van der Waals surface area contributed by atoms with Crippen LogP contribution in [-0.2, 0) is 0 Å². The Bertz CT molecular complexity index is 810. The number of urea groups is 1. The van der Waals surface area contributed by atoms with Gasteiger partial charge in [0, 0.05) is 36.1 Å². The van der Waals surface area contributed by atoms with Crippen molar-refractivity contribution in [2.75, 3.05) is 13.1 Å².